The zero-order valence-electron chi connectivity index (χ0n) is 13.7. The Kier molecular flexibility index (Phi) is 4.02. The molecule has 0 fully saturated rings. The number of allylic oxidation sites excluding steroid dienone is 4. The van der Waals surface area contributed by atoms with E-state index in [9.17, 15) is 0 Å². The fraction of sp³-hybridized carbons (Fsp3) is 0.273. The highest BCUT2D eigenvalue weighted by molar-refractivity contribution is 5.63. The first-order valence-corrected chi connectivity index (χ1v) is 8.06. The molecule has 0 radical (unpaired) electrons. The number of benzene rings is 2. The molecule has 2 aromatic carbocycles. The van der Waals surface area contributed by atoms with Crippen molar-refractivity contribution in [3.63, 3.8) is 0 Å². The van der Waals surface area contributed by atoms with E-state index in [0.717, 1.165) is 0 Å². The Bertz CT molecular complexity index is 652. The molecular weight excluding hydrogens is 264 g/mol. The summed E-state index contributed by atoms with van der Waals surface area (Å²) in [6, 6.07) is 19.5. The Balaban J connectivity index is 1.77. The maximum Gasteiger partial charge on any atom is 0.0199 e. The van der Waals surface area contributed by atoms with Gasteiger partial charge in [0.2, 0.25) is 0 Å². The number of rotatable bonds is 2. The minimum Gasteiger partial charge on any atom is -0.0802 e. The summed E-state index contributed by atoms with van der Waals surface area (Å²) >= 11 is 0. The van der Waals surface area contributed by atoms with Crippen LogP contribution in [0.2, 0.25) is 0 Å². The second-order valence-corrected chi connectivity index (χ2v) is 7.18. The average molecular weight is 288 g/mol. The molecule has 1 aliphatic rings. The minimum atomic E-state index is 0.301. The molecule has 3 rings (SSSR count). The van der Waals surface area contributed by atoms with E-state index in [4.69, 9.17) is 0 Å². The largest absolute Gasteiger partial charge is 0.0802 e. The van der Waals surface area contributed by atoms with Crippen molar-refractivity contribution in [2.45, 2.75) is 26.7 Å². The van der Waals surface area contributed by atoms with Crippen LogP contribution in [0.15, 0.2) is 78.9 Å². The van der Waals surface area contributed by atoms with Crippen molar-refractivity contribution in [1.82, 2.24) is 0 Å². The van der Waals surface area contributed by atoms with E-state index in [2.05, 4.69) is 99.7 Å². The van der Waals surface area contributed by atoms with Crippen LogP contribution in [0.3, 0.4) is 0 Å². The standard InChI is InChI=1S/C22H24/c1-22(2,3)21-15-13-20(14-16-21)19-11-9-18(10-12-19)17-7-5-4-6-8-17/h4-16,20-21H,1-3H3. The lowest BCUT2D eigenvalue weighted by molar-refractivity contribution is 0.340. The number of hydrogen-bond acceptors (Lipinski definition) is 0. The van der Waals surface area contributed by atoms with Gasteiger partial charge in [-0.2, -0.15) is 0 Å². The molecule has 0 aliphatic heterocycles. The van der Waals surface area contributed by atoms with Crippen molar-refractivity contribution in [3.05, 3.63) is 84.5 Å². The second-order valence-electron chi connectivity index (χ2n) is 7.18. The molecule has 0 bridgehead atoms. The van der Waals surface area contributed by atoms with Gasteiger partial charge in [0.1, 0.15) is 0 Å². The van der Waals surface area contributed by atoms with Crippen LogP contribution in [0.5, 0.6) is 0 Å². The van der Waals surface area contributed by atoms with Gasteiger partial charge < -0.3 is 0 Å². The molecule has 0 heteroatoms. The van der Waals surface area contributed by atoms with E-state index in [0.29, 0.717) is 17.3 Å². The van der Waals surface area contributed by atoms with Crippen molar-refractivity contribution < 1.29 is 0 Å². The maximum absolute atomic E-state index is 2.36. The summed E-state index contributed by atoms with van der Waals surface area (Å²) in [6.45, 7) is 6.88. The summed E-state index contributed by atoms with van der Waals surface area (Å²) in [5.41, 5.74) is 4.21. The van der Waals surface area contributed by atoms with Crippen LogP contribution in [-0.4, -0.2) is 0 Å². The topological polar surface area (TPSA) is 0 Å². The molecule has 0 aromatic heterocycles. The molecule has 0 unspecified atom stereocenters. The fourth-order valence-corrected chi connectivity index (χ4v) is 2.94. The summed E-state index contributed by atoms with van der Waals surface area (Å²) in [4.78, 5) is 0. The van der Waals surface area contributed by atoms with E-state index in [1.807, 2.05) is 0 Å². The van der Waals surface area contributed by atoms with Crippen molar-refractivity contribution in [2.75, 3.05) is 0 Å². The Labute approximate surface area is 134 Å². The molecule has 0 saturated heterocycles. The van der Waals surface area contributed by atoms with Crippen LogP contribution in [0, 0.1) is 11.3 Å². The third-order valence-electron chi connectivity index (χ3n) is 4.45. The van der Waals surface area contributed by atoms with Crippen LogP contribution in [0.1, 0.15) is 32.3 Å². The third kappa shape index (κ3) is 3.22. The van der Waals surface area contributed by atoms with Gasteiger partial charge in [-0.05, 0) is 28.0 Å². The molecule has 0 saturated carbocycles. The zero-order chi connectivity index (χ0) is 15.6. The van der Waals surface area contributed by atoms with Crippen molar-refractivity contribution in [3.8, 4) is 11.1 Å². The Morgan fingerprint density at radius 3 is 1.73 bits per heavy atom. The van der Waals surface area contributed by atoms with Crippen molar-refractivity contribution in [1.29, 1.82) is 0 Å². The summed E-state index contributed by atoms with van der Waals surface area (Å²) in [5.74, 6) is 0.941. The first kappa shape index (κ1) is 14.8. The highest BCUT2D eigenvalue weighted by Gasteiger charge is 2.22. The Morgan fingerprint density at radius 1 is 0.636 bits per heavy atom. The van der Waals surface area contributed by atoms with E-state index >= 15 is 0 Å². The third-order valence-corrected chi connectivity index (χ3v) is 4.45. The summed E-state index contributed by atoms with van der Waals surface area (Å²) < 4.78 is 0. The highest BCUT2D eigenvalue weighted by Crippen LogP contribution is 2.34. The predicted molar refractivity (Wildman–Crippen MR) is 95.8 cm³/mol. The van der Waals surface area contributed by atoms with Crippen molar-refractivity contribution in [2.24, 2.45) is 11.3 Å². The average Bonchev–Trinajstić information content (AvgIpc) is 2.55. The van der Waals surface area contributed by atoms with Gasteiger partial charge >= 0.3 is 0 Å². The van der Waals surface area contributed by atoms with Crippen LogP contribution in [0.25, 0.3) is 11.1 Å². The molecule has 0 spiro atoms. The van der Waals surface area contributed by atoms with Gasteiger partial charge in [0, 0.05) is 5.92 Å². The minimum absolute atomic E-state index is 0.301. The molecule has 0 atom stereocenters. The van der Waals surface area contributed by atoms with Gasteiger partial charge in [-0.3, -0.25) is 0 Å². The second kappa shape index (κ2) is 5.96. The SMILES string of the molecule is CC(C)(C)C1C=CC(c2ccc(-c3ccccc3)cc2)C=C1. The van der Waals surface area contributed by atoms with Gasteiger partial charge in [0.25, 0.3) is 0 Å². The molecule has 1 aliphatic carbocycles. The lowest BCUT2D eigenvalue weighted by atomic mass is 9.77. The highest BCUT2D eigenvalue weighted by atomic mass is 14.3. The monoisotopic (exact) mass is 288 g/mol. The lowest BCUT2D eigenvalue weighted by Gasteiger charge is -2.28. The molecule has 0 nitrogen and oxygen atoms in total. The summed E-state index contributed by atoms with van der Waals surface area (Å²) in [5, 5.41) is 0. The summed E-state index contributed by atoms with van der Waals surface area (Å²) in [6.07, 6.45) is 9.40. The Morgan fingerprint density at radius 2 is 1.18 bits per heavy atom. The smallest absolute Gasteiger partial charge is 0.0199 e. The van der Waals surface area contributed by atoms with Gasteiger partial charge in [-0.1, -0.05) is 99.7 Å². The van der Waals surface area contributed by atoms with Crippen LogP contribution >= 0.6 is 0 Å². The van der Waals surface area contributed by atoms with Gasteiger partial charge in [-0.25, -0.2) is 0 Å². The molecule has 0 heterocycles. The van der Waals surface area contributed by atoms with Crippen LogP contribution in [-0.2, 0) is 0 Å². The lowest BCUT2D eigenvalue weighted by Crippen LogP contribution is -2.18. The fourth-order valence-electron chi connectivity index (χ4n) is 2.94. The normalized spacial score (nSPS) is 21.0. The molecule has 2 aromatic rings. The maximum atomic E-state index is 2.36. The summed E-state index contributed by atoms with van der Waals surface area (Å²) in [7, 11) is 0. The van der Waals surface area contributed by atoms with E-state index in [-0.39, 0.29) is 0 Å². The van der Waals surface area contributed by atoms with Gasteiger partial charge in [0.05, 0.1) is 0 Å². The first-order valence-electron chi connectivity index (χ1n) is 8.06. The van der Waals surface area contributed by atoms with Gasteiger partial charge in [-0.15, -0.1) is 0 Å². The molecule has 0 amide bonds. The van der Waals surface area contributed by atoms with Gasteiger partial charge in [0.15, 0.2) is 0 Å². The molecular formula is C22H24. The number of hydrogen-bond donors (Lipinski definition) is 0. The van der Waals surface area contributed by atoms with Crippen molar-refractivity contribution >= 4 is 0 Å². The molecule has 112 valence electrons. The van der Waals surface area contributed by atoms with E-state index in [1.54, 1.807) is 0 Å². The first-order chi connectivity index (χ1) is 10.5. The molecule has 22 heavy (non-hydrogen) atoms. The Hall–Kier alpha value is -2.08. The predicted octanol–water partition coefficient (Wildman–Crippen LogP) is 6.23. The molecule has 0 N–H and O–H groups in total. The zero-order valence-corrected chi connectivity index (χ0v) is 13.7. The van der Waals surface area contributed by atoms with E-state index in [1.165, 1.54) is 16.7 Å². The van der Waals surface area contributed by atoms with Crippen LogP contribution < -0.4 is 0 Å². The van der Waals surface area contributed by atoms with E-state index < -0.39 is 0 Å². The van der Waals surface area contributed by atoms with Crippen LogP contribution in [0.4, 0.5) is 0 Å². The quantitative estimate of drug-likeness (QED) is 0.575.